The van der Waals surface area contributed by atoms with Gasteiger partial charge in [-0.05, 0) is 77.9 Å². The van der Waals surface area contributed by atoms with Gasteiger partial charge in [0.2, 0.25) is 5.91 Å². The zero-order valence-electron chi connectivity index (χ0n) is 14.0. The highest BCUT2D eigenvalue weighted by Crippen LogP contribution is 2.25. The van der Waals surface area contributed by atoms with Gasteiger partial charge in [-0.1, -0.05) is 11.6 Å². The van der Waals surface area contributed by atoms with E-state index in [4.69, 9.17) is 17.3 Å². The number of hydrogen-bond acceptors (Lipinski definition) is 3. The highest BCUT2D eigenvalue weighted by atomic mass is 127. The van der Waals surface area contributed by atoms with Crippen LogP contribution >= 0.6 is 34.2 Å². The number of benzene rings is 2. The number of rotatable bonds is 4. The standard InChI is InChI=1S/C19H19ClIN3O2/c20-13-1-6-17(21)16(11-13)19(26)23-14-2-4-15(5-3-14)24-9-7-12(8-10-24)18(22)25/h1-6,11-12H,7-10H2,(H2,22,25)(H,23,26). The largest absolute Gasteiger partial charge is 0.371 e. The van der Waals surface area contributed by atoms with Gasteiger partial charge in [-0.15, -0.1) is 0 Å². The molecule has 136 valence electrons. The molecule has 1 aliphatic rings. The summed E-state index contributed by atoms with van der Waals surface area (Å²) >= 11 is 8.10. The molecule has 3 N–H and O–H groups in total. The van der Waals surface area contributed by atoms with E-state index in [0.29, 0.717) is 10.6 Å². The van der Waals surface area contributed by atoms with Crippen molar-refractivity contribution in [3.63, 3.8) is 0 Å². The first-order chi connectivity index (χ1) is 12.4. The minimum absolute atomic E-state index is 0.0232. The molecule has 0 spiro atoms. The summed E-state index contributed by atoms with van der Waals surface area (Å²) in [6, 6.07) is 12.9. The number of anilines is 2. The van der Waals surface area contributed by atoms with Gasteiger partial charge in [-0.3, -0.25) is 9.59 Å². The summed E-state index contributed by atoms with van der Waals surface area (Å²) in [4.78, 5) is 25.9. The van der Waals surface area contributed by atoms with Crippen LogP contribution in [0.15, 0.2) is 42.5 Å². The molecule has 1 aliphatic heterocycles. The second-order valence-corrected chi connectivity index (χ2v) is 7.89. The van der Waals surface area contributed by atoms with Gasteiger partial charge in [-0.25, -0.2) is 0 Å². The first kappa shape index (κ1) is 19.0. The van der Waals surface area contributed by atoms with E-state index in [2.05, 4.69) is 32.8 Å². The Kier molecular flexibility index (Phi) is 6.03. The zero-order chi connectivity index (χ0) is 18.7. The van der Waals surface area contributed by atoms with Gasteiger partial charge in [0.05, 0.1) is 5.56 Å². The highest BCUT2D eigenvalue weighted by Gasteiger charge is 2.23. The average molecular weight is 484 g/mol. The van der Waals surface area contributed by atoms with Crippen molar-refractivity contribution in [3.8, 4) is 0 Å². The molecule has 2 aromatic carbocycles. The third-order valence-electron chi connectivity index (χ3n) is 4.56. The molecule has 2 aromatic rings. The number of nitrogens with one attached hydrogen (secondary N) is 1. The highest BCUT2D eigenvalue weighted by molar-refractivity contribution is 14.1. The van der Waals surface area contributed by atoms with Gasteiger partial charge >= 0.3 is 0 Å². The monoisotopic (exact) mass is 483 g/mol. The van der Waals surface area contributed by atoms with Crippen LogP contribution in [-0.2, 0) is 4.79 Å². The van der Waals surface area contributed by atoms with E-state index in [1.54, 1.807) is 12.1 Å². The van der Waals surface area contributed by atoms with Crippen molar-refractivity contribution < 1.29 is 9.59 Å². The first-order valence-electron chi connectivity index (χ1n) is 8.35. The maximum absolute atomic E-state index is 12.4. The summed E-state index contributed by atoms with van der Waals surface area (Å²) in [7, 11) is 0. The van der Waals surface area contributed by atoms with Crippen LogP contribution in [0.5, 0.6) is 0 Å². The first-order valence-corrected chi connectivity index (χ1v) is 9.80. The number of hydrogen-bond donors (Lipinski definition) is 2. The Morgan fingerprint density at radius 1 is 1.12 bits per heavy atom. The Hall–Kier alpha value is -1.80. The van der Waals surface area contributed by atoms with Gasteiger partial charge < -0.3 is 16.0 Å². The van der Waals surface area contributed by atoms with Crippen LogP contribution in [0.2, 0.25) is 5.02 Å². The molecular weight excluding hydrogens is 465 g/mol. The maximum Gasteiger partial charge on any atom is 0.256 e. The minimum Gasteiger partial charge on any atom is -0.371 e. The Labute approximate surface area is 171 Å². The van der Waals surface area contributed by atoms with Crippen LogP contribution in [0.25, 0.3) is 0 Å². The van der Waals surface area contributed by atoms with Crippen molar-refractivity contribution in [3.05, 3.63) is 56.6 Å². The summed E-state index contributed by atoms with van der Waals surface area (Å²) in [5.41, 5.74) is 7.73. The predicted molar refractivity (Wildman–Crippen MR) is 113 cm³/mol. The Morgan fingerprint density at radius 3 is 2.38 bits per heavy atom. The maximum atomic E-state index is 12.4. The molecule has 2 amide bonds. The van der Waals surface area contributed by atoms with Crippen LogP contribution in [0.1, 0.15) is 23.2 Å². The van der Waals surface area contributed by atoms with Crippen molar-refractivity contribution in [2.45, 2.75) is 12.8 Å². The summed E-state index contributed by atoms with van der Waals surface area (Å²) in [6.07, 6.45) is 1.56. The number of carbonyl (C=O) groups is 2. The normalized spacial score (nSPS) is 14.9. The zero-order valence-corrected chi connectivity index (χ0v) is 17.0. The van der Waals surface area contributed by atoms with E-state index in [0.717, 1.165) is 40.9 Å². The molecule has 0 radical (unpaired) electrons. The van der Waals surface area contributed by atoms with Gasteiger partial charge in [-0.2, -0.15) is 0 Å². The number of nitrogens with zero attached hydrogens (tertiary/aromatic N) is 1. The van der Waals surface area contributed by atoms with Crippen LogP contribution in [0.3, 0.4) is 0 Å². The van der Waals surface area contributed by atoms with Gasteiger partial charge in [0.1, 0.15) is 0 Å². The SMILES string of the molecule is NC(=O)C1CCN(c2ccc(NC(=O)c3cc(Cl)ccc3I)cc2)CC1. The third kappa shape index (κ3) is 4.48. The summed E-state index contributed by atoms with van der Waals surface area (Å²) in [5.74, 6) is -0.421. The van der Waals surface area contributed by atoms with Crippen LogP contribution in [-0.4, -0.2) is 24.9 Å². The second-order valence-electron chi connectivity index (χ2n) is 6.29. The number of halogens is 2. The van der Waals surface area contributed by atoms with Crippen LogP contribution < -0.4 is 16.0 Å². The van der Waals surface area contributed by atoms with Crippen molar-refractivity contribution >= 4 is 57.4 Å². The van der Waals surface area contributed by atoms with Gasteiger partial charge in [0.15, 0.2) is 0 Å². The number of nitrogens with two attached hydrogens (primary N) is 1. The molecule has 0 atom stereocenters. The fourth-order valence-corrected chi connectivity index (χ4v) is 3.80. The quantitative estimate of drug-likeness (QED) is 0.648. The average Bonchev–Trinajstić information content (AvgIpc) is 2.64. The smallest absolute Gasteiger partial charge is 0.256 e. The Morgan fingerprint density at radius 2 is 1.77 bits per heavy atom. The second kappa shape index (κ2) is 8.26. The van der Waals surface area contributed by atoms with Gasteiger partial charge in [0, 0.05) is 39.0 Å². The predicted octanol–water partition coefficient (Wildman–Crippen LogP) is 3.90. The van der Waals surface area contributed by atoms with Gasteiger partial charge in [0.25, 0.3) is 5.91 Å². The molecule has 26 heavy (non-hydrogen) atoms. The molecule has 0 saturated carbocycles. The molecule has 1 saturated heterocycles. The van der Waals surface area contributed by atoms with Crippen molar-refractivity contribution in [1.82, 2.24) is 0 Å². The van der Waals surface area contributed by atoms with Crippen molar-refractivity contribution in [1.29, 1.82) is 0 Å². The molecular formula is C19H19ClIN3O2. The molecule has 1 heterocycles. The fourth-order valence-electron chi connectivity index (χ4n) is 3.05. The molecule has 0 aliphatic carbocycles. The molecule has 7 heteroatoms. The lowest BCUT2D eigenvalue weighted by Crippen LogP contribution is -2.38. The molecule has 0 bridgehead atoms. The van der Waals surface area contributed by atoms with Crippen molar-refractivity contribution in [2.24, 2.45) is 11.7 Å². The number of amides is 2. The number of primary amides is 1. The molecule has 1 fully saturated rings. The number of piperidine rings is 1. The lowest BCUT2D eigenvalue weighted by atomic mass is 9.96. The summed E-state index contributed by atoms with van der Waals surface area (Å²) < 4.78 is 0.846. The summed E-state index contributed by atoms with van der Waals surface area (Å²) in [6.45, 7) is 1.61. The van der Waals surface area contributed by atoms with Crippen LogP contribution in [0.4, 0.5) is 11.4 Å². The molecule has 3 rings (SSSR count). The lowest BCUT2D eigenvalue weighted by Gasteiger charge is -2.32. The third-order valence-corrected chi connectivity index (χ3v) is 5.74. The topological polar surface area (TPSA) is 75.4 Å². The minimum atomic E-state index is -0.210. The molecule has 0 aromatic heterocycles. The van der Waals surface area contributed by atoms with E-state index < -0.39 is 0 Å². The fraction of sp³-hybridized carbons (Fsp3) is 0.263. The van der Waals surface area contributed by atoms with E-state index in [-0.39, 0.29) is 17.7 Å². The molecule has 5 nitrogen and oxygen atoms in total. The lowest BCUT2D eigenvalue weighted by molar-refractivity contribution is -0.122. The molecule has 0 unspecified atom stereocenters. The van der Waals surface area contributed by atoms with E-state index >= 15 is 0 Å². The number of carbonyl (C=O) groups excluding carboxylic acids is 2. The van der Waals surface area contributed by atoms with Crippen LogP contribution in [0, 0.1) is 9.49 Å². The van der Waals surface area contributed by atoms with E-state index in [9.17, 15) is 9.59 Å². The van der Waals surface area contributed by atoms with Crippen molar-refractivity contribution in [2.75, 3.05) is 23.3 Å². The van der Waals surface area contributed by atoms with E-state index in [1.807, 2.05) is 30.3 Å². The summed E-state index contributed by atoms with van der Waals surface area (Å²) in [5, 5.41) is 3.43. The Balaban J connectivity index is 1.64. The van der Waals surface area contributed by atoms with E-state index in [1.165, 1.54) is 0 Å². The Bertz CT molecular complexity index is 818.